The molecule has 0 saturated carbocycles. The fourth-order valence-corrected chi connectivity index (χ4v) is 4.38. The van der Waals surface area contributed by atoms with Gasteiger partial charge < -0.3 is 0 Å². The number of rotatable bonds is 11. The largest absolute Gasteiger partial charge is 0.263 e. The van der Waals surface area contributed by atoms with Crippen LogP contribution in [0.25, 0.3) is 0 Å². The fourth-order valence-electron chi connectivity index (χ4n) is 2.57. The van der Waals surface area contributed by atoms with Crippen LogP contribution in [0.5, 0.6) is 0 Å². The van der Waals surface area contributed by atoms with Gasteiger partial charge in [-0.3, -0.25) is 4.98 Å². The van der Waals surface area contributed by atoms with Gasteiger partial charge in [-0.2, -0.15) is 0 Å². The van der Waals surface area contributed by atoms with Crippen molar-refractivity contribution in [2.24, 2.45) is 0 Å². The molecular weight excluding hydrogens is 282 g/mol. The van der Waals surface area contributed by atoms with Gasteiger partial charge in [0.05, 0.1) is 10.1 Å². The lowest BCUT2D eigenvalue weighted by Gasteiger charge is -2.17. The summed E-state index contributed by atoms with van der Waals surface area (Å²) in [5.74, 6) is 0. The predicted molar refractivity (Wildman–Crippen MR) is 88.1 cm³/mol. The molecule has 1 aromatic heterocycles. The second-order valence-electron chi connectivity index (χ2n) is 5.70. The number of nitrogens with zero attached hydrogens (tertiary/aromatic N) is 1. The van der Waals surface area contributed by atoms with Gasteiger partial charge in [0.2, 0.25) is 0 Å². The molecule has 3 nitrogen and oxygen atoms in total. The molecule has 120 valence electrons. The summed E-state index contributed by atoms with van der Waals surface area (Å²) in [6.07, 6.45) is 12.5. The van der Waals surface area contributed by atoms with Crippen LogP contribution < -0.4 is 0 Å². The van der Waals surface area contributed by atoms with Gasteiger partial charge in [-0.1, -0.05) is 58.8 Å². The summed E-state index contributed by atoms with van der Waals surface area (Å²) >= 11 is 0. The molecule has 0 spiro atoms. The Hall–Kier alpha value is -0.900. The van der Waals surface area contributed by atoms with E-state index in [2.05, 4.69) is 18.8 Å². The van der Waals surface area contributed by atoms with Crippen LogP contribution in [-0.4, -0.2) is 18.7 Å². The van der Waals surface area contributed by atoms with Crippen LogP contribution in [-0.2, 0) is 9.84 Å². The minimum atomic E-state index is -3.23. The smallest absolute Gasteiger partial charge is 0.182 e. The molecule has 1 atom stereocenters. The van der Waals surface area contributed by atoms with Crippen molar-refractivity contribution < 1.29 is 8.42 Å². The number of hydrogen-bond donors (Lipinski definition) is 0. The summed E-state index contributed by atoms with van der Waals surface area (Å²) in [6, 6.07) is 3.36. The molecule has 1 aromatic rings. The molecular formula is C17H29NO2S. The van der Waals surface area contributed by atoms with E-state index in [4.69, 9.17) is 0 Å². The maximum atomic E-state index is 12.7. The van der Waals surface area contributed by atoms with Crippen molar-refractivity contribution in [3.63, 3.8) is 0 Å². The highest BCUT2D eigenvalue weighted by atomic mass is 32.2. The van der Waals surface area contributed by atoms with Crippen molar-refractivity contribution in [3.05, 3.63) is 24.5 Å². The highest BCUT2D eigenvalue weighted by molar-refractivity contribution is 7.92. The van der Waals surface area contributed by atoms with E-state index >= 15 is 0 Å². The van der Waals surface area contributed by atoms with Gasteiger partial charge in [0, 0.05) is 12.4 Å². The molecule has 0 aliphatic rings. The number of pyridine rings is 1. The monoisotopic (exact) mass is 311 g/mol. The quantitative estimate of drug-likeness (QED) is 0.553. The zero-order valence-corrected chi connectivity index (χ0v) is 14.2. The van der Waals surface area contributed by atoms with Crippen LogP contribution in [0.2, 0.25) is 0 Å². The maximum Gasteiger partial charge on any atom is 0.182 e. The molecule has 0 fully saturated rings. The lowest BCUT2D eigenvalue weighted by atomic mass is 10.1. The molecule has 1 unspecified atom stereocenters. The predicted octanol–water partition coefficient (Wildman–Crippen LogP) is 4.77. The molecule has 0 aliphatic heterocycles. The van der Waals surface area contributed by atoms with Crippen LogP contribution in [0, 0.1) is 0 Å². The van der Waals surface area contributed by atoms with E-state index in [1.165, 1.54) is 25.5 Å². The van der Waals surface area contributed by atoms with Crippen LogP contribution in [0.3, 0.4) is 0 Å². The Balaban J connectivity index is 2.67. The number of unbranched alkanes of at least 4 members (excludes halogenated alkanes) is 5. The fraction of sp³-hybridized carbons (Fsp3) is 0.706. The third-order valence-electron chi connectivity index (χ3n) is 3.91. The zero-order valence-electron chi connectivity index (χ0n) is 13.4. The lowest BCUT2D eigenvalue weighted by Crippen LogP contribution is -2.22. The molecule has 0 bridgehead atoms. The van der Waals surface area contributed by atoms with Gasteiger partial charge in [0.1, 0.15) is 0 Å². The Morgan fingerprint density at radius 3 is 2.29 bits per heavy atom. The van der Waals surface area contributed by atoms with Gasteiger partial charge >= 0.3 is 0 Å². The van der Waals surface area contributed by atoms with E-state index in [1.54, 1.807) is 18.3 Å². The first kappa shape index (κ1) is 18.1. The number of sulfone groups is 1. The SMILES string of the molecule is CCCCCCCC(CCCC)S(=O)(=O)c1cccnc1. The Bertz CT molecular complexity index is 471. The number of aromatic nitrogens is 1. The molecule has 1 rings (SSSR count). The molecule has 0 amide bonds. The summed E-state index contributed by atoms with van der Waals surface area (Å²) in [7, 11) is -3.23. The van der Waals surface area contributed by atoms with Crippen LogP contribution in [0.4, 0.5) is 0 Å². The highest BCUT2D eigenvalue weighted by Crippen LogP contribution is 2.24. The number of hydrogen-bond acceptors (Lipinski definition) is 3. The highest BCUT2D eigenvalue weighted by Gasteiger charge is 2.26. The van der Waals surface area contributed by atoms with Crippen LogP contribution in [0.1, 0.15) is 71.6 Å². The first-order valence-electron chi connectivity index (χ1n) is 8.26. The molecule has 21 heavy (non-hydrogen) atoms. The van der Waals surface area contributed by atoms with Crippen LogP contribution in [0.15, 0.2) is 29.4 Å². The third kappa shape index (κ3) is 6.16. The normalized spacial score (nSPS) is 13.2. The topological polar surface area (TPSA) is 47.0 Å². The molecule has 0 aliphatic carbocycles. The van der Waals surface area contributed by atoms with Crippen LogP contribution >= 0.6 is 0 Å². The molecule has 0 radical (unpaired) electrons. The standard InChI is InChI=1S/C17H29NO2S/c1-3-5-7-8-9-12-16(11-6-4-2)21(19,20)17-13-10-14-18-15-17/h10,13-16H,3-9,11-12H2,1-2H3. The molecule has 0 N–H and O–H groups in total. The molecule has 1 heterocycles. The van der Waals surface area contributed by atoms with E-state index in [9.17, 15) is 8.42 Å². The van der Waals surface area contributed by atoms with E-state index in [0.717, 1.165) is 38.5 Å². The minimum Gasteiger partial charge on any atom is -0.263 e. The van der Waals surface area contributed by atoms with Gasteiger partial charge in [0.15, 0.2) is 9.84 Å². The average molecular weight is 311 g/mol. The minimum absolute atomic E-state index is 0.247. The summed E-state index contributed by atoms with van der Waals surface area (Å²) in [5.41, 5.74) is 0. The summed E-state index contributed by atoms with van der Waals surface area (Å²) in [5, 5.41) is -0.247. The Kier molecular flexibility index (Phi) is 8.58. The van der Waals surface area contributed by atoms with E-state index in [0.29, 0.717) is 4.90 Å². The molecule has 4 heteroatoms. The van der Waals surface area contributed by atoms with Gasteiger partial charge in [-0.25, -0.2) is 8.42 Å². The van der Waals surface area contributed by atoms with Crippen molar-refractivity contribution in [2.45, 2.75) is 81.8 Å². The van der Waals surface area contributed by atoms with E-state index in [-0.39, 0.29) is 5.25 Å². The summed E-state index contributed by atoms with van der Waals surface area (Å²) in [4.78, 5) is 4.33. The molecule has 0 saturated heterocycles. The van der Waals surface area contributed by atoms with Crippen molar-refractivity contribution >= 4 is 9.84 Å². The Morgan fingerprint density at radius 2 is 1.67 bits per heavy atom. The van der Waals surface area contributed by atoms with Crippen molar-refractivity contribution in [3.8, 4) is 0 Å². The molecule has 0 aromatic carbocycles. The Morgan fingerprint density at radius 1 is 1.00 bits per heavy atom. The van der Waals surface area contributed by atoms with Gasteiger partial charge in [0.25, 0.3) is 0 Å². The summed E-state index contributed by atoms with van der Waals surface area (Å²) < 4.78 is 25.4. The second kappa shape index (κ2) is 9.93. The maximum absolute atomic E-state index is 12.7. The van der Waals surface area contributed by atoms with Crippen molar-refractivity contribution in [1.82, 2.24) is 4.98 Å². The average Bonchev–Trinajstić information content (AvgIpc) is 2.50. The first-order chi connectivity index (χ1) is 10.1. The zero-order chi connectivity index (χ0) is 15.6. The van der Waals surface area contributed by atoms with Gasteiger partial charge in [-0.15, -0.1) is 0 Å². The van der Waals surface area contributed by atoms with E-state index in [1.807, 2.05) is 0 Å². The lowest BCUT2D eigenvalue weighted by molar-refractivity contribution is 0.527. The Labute approximate surface area is 130 Å². The van der Waals surface area contributed by atoms with Gasteiger partial charge in [-0.05, 0) is 25.0 Å². The third-order valence-corrected chi connectivity index (χ3v) is 6.16. The van der Waals surface area contributed by atoms with Crippen molar-refractivity contribution in [2.75, 3.05) is 0 Å². The van der Waals surface area contributed by atoms with Crippen molar-refractivity contribution in [1.29, 1.82) is 0 Å². The summed E-state index contributed by atoms with van der Waals surface area (Å²) in [6.45, 7) is 4.30. The van der Waals surface area contributed by atoms with E-state index < -0.39 is 9.84 Å². The second-order valence-corrected chi connectivity index (χ2v) is 7.93. The first-order valence-corrected chi connectivity index (χ1v) is 9.81.